The summed E-state index contributed by atoms with van der Waals surface area (Å²) >= 11 is 1.63. The molecule has 0 bridgehead atoms. The largest absolute Gasteiger partial charge is 0.273 e. The molecule has 150 valence electrons. The molecule has 0 aliphatic carbocycles. The first-order valence-corrected chi connectivity index (χ1v) is 11.1. The van der Waals surface area contributed by atoms with Crippen molar-refractivity contribution in [1.29, 1.82) is 0 Å². The van der Waals surface area contributed by atoms with Gasteiger partial charge in [0.25, 0.3) is 5.91 Å². The highest BCUT2D eigenvalue weighted by molar-refractivity contribution is 7.98. The quantitative estimate of drug-likeness (QED) is 0.502. The Hall–Kier alpha value is -2.36. The minimum absolute atomic E-state index is 0.00814. The van der Waals surface area contributed by atoms with E-state index in [1.807, 2.05) is 30.3 Å². The predicted molar refractivity (Wildman–Crippen MR) is 110 cm³/mol. The van der Waals surface area contributed by atoms with E-state index in [0.717, 1.165) is 10.1 Å². The summed E-state index contributed by atoms with van der Waals surface area (Å²) in [5.41, 5.74) is 5.99. The monoisotopic (exact) mass is 421 g/mol. The summed E-state index contributed by atoms with van der Waals surface area (Å²) in [5, 5.41) is 0. The molecule has 9 heteroatoms. The molecule has 2 rings (SSSR count). The molecule has 0 aromatic heterocycles. The summed E-state index contributed by atoms with van der Waals surface area (Å²) in [6, 6.07) is 15.6. The molecular weight excluding hydrogens is 398 g/mol. The lowest BCUT2D eigenvalue weighted by Gasteiger charge is -2.12. The van der Waals surface area contributed by atoms with E-state index in [9.17, 15) is 18.0 Å². The molecule has 28 heavy (non-hydrogen) atoms. The highest BCUT2D eigenvalue weighted by Gasteiger charge is 2.18. The number of amides is 2. The van der Waals surface area contributed by atoms with Gasteiger partial charge in [-0.05, 0) is 23.8 Å². The van der Waals surface area contributed by atoms with Gasteiger partial charge in [0.05, 0.1) is 4.90 Å². The third-order valence-corrected chi connectivity index (χ3v) is 6.62. The lowest BCUT2D eigenvalue weighted by Crippen LogP contribution is -2.41. The second kappa shape index (κ2) is 10.3. The molecule has 0 saturated heterocycles. The van der Waals surface area contributed by atoms with Crippen molar-refractivity contribution in [2.24, 2.45) is 0 Å². The number of hydrogen-bond acceptors (Lipinski definition) is 5. The third-order valence-electron chi connectivity index (χ3n) is 3.78. The van der Waals surface area contributed by atoms with E-state index in [-0.39, 0.29) is 22.8 Å². The van der Waals surface area contributed by atoms with Crippen LogP contribution in [0.2, 0.25) is 0 Å². The van der Waals surface area contributed by atoms with E-state index in [0.29, 0.717) is 5.75 Å². The molecule has 0 saturated carbocycles. The molecule has 0 radical (unpaired) electrons. The Morgan fingerprint density at radius 1 is 1.00 bits per heavy atom. The summed E-state index contributed by atoms with van der Waals surface area (Å²) in [4.78, 5) is 24.0. The van der Waals surface area contributed by atoms with E-state index in [4.69, 9.17) is 0 Å². The van der Waals surface area contributed by atoms with Crippen molar-refractivity contribution in [3.05, 3.63) is 65.7 Å². The number of thioether (sulfide) groups is 1. The number of nitrogens with zero attached hydrogens (tertiary/aromatic N) is 1. The summed E-state index contributed by atoms with van der Waals surface area (Å²) in [5.74, 6) is 0.535. The van der Waals surface area contributed by atoms with Crippen molar-refractivity contribution >= 4 is 33.6 Å². The number of benzene rings is 2. The lowest BCUT2D eigenvalue weighted by atomic mass is 10.2. The summed E-state index contributed by atoms with van der Waals surface area (Å²) < 4.78 is 25.4. The van der Waals surface area contributed by atoms with Crippen LogP contribution in [0.4, 0.5) is 0 Å². The normalized spacial score (nSPS) is 11.2. The van der Waals surface area contributed by atoms with Crippen molar-refractivity contribution in [3.63, 3.8) is 0 Å². The number of hydrogen-bond donors (Lipinski definition) is 2. The molecule has 7 nitrogen and oxygen atoms in total. The molecule has 0 aliphatic rings. The molecular formula is C19H23N3O4S2. The Kier molecular flexibility index (Phi) is 8.04. The minimum Gasteiger partial charge on any atom is -0.273 e. The van der Waals surface area contributed by atoms with Crippen molar-refractivity contribution < 1.29 is 18.0 Å². The summed E-state index contributed by atoms with van der Waals surface area (Å²) in [6.07, 6.45) is 0.257. The van der Waals surface area contributed by atoms with Crippen LogP contribution in [0, 0.1) is 0 Å². The van der Waals surface area contributed by atoms with Crippen molar-refractivity contribution in [2.45, 2.75) is 17.1 Å². The van der Waals surface area contributed by atoms with Gasteiger partial charge in [0.15, 0.2) is 0 Å². The van der Waals surface area contributed by atoms with Gasteiger partial charge in [-0.2, -0.15) is 11.8 Å². The van der Waals surface area contributed by atoms with Crippen LogP contribution in [-0.2, 0) is 20.6 Å². The zero-order chi connectivity index (χ0) is 20.6. The minimum atomic E-state index is -3.64. The molecule has 2 amide bonds. The maximum atomic E-state index is 12.2. The molecule has 2 aromatic rings. The van der Waals surface area contributed by atoms with Crippen LogP contribution in [0.3, 0.4) is 0 Å². The highest BCUT2D eigenvalue weighted by Crippen LogP contribution is 2.15. The number of carbonyl (C=O) groups excluding carboxylic acids is 2. The first-order chi connectivity index (χ1) is 13.3. The number of rotatable bonds is 8. The van der Waals surface area contributed by atoms with Crippen LogP contribution in [0.1, 0.15) is 22.3 Å². The van der Waals surface area contributed by atoms with E-state index < -0.39 is 15.9 Å². The fourth-order valence-corrected chi connectivity index (χ4v) is 4.05. The number of carbonyl (C=O) groups is 2. The second-order valence-corrected chi connectivity index (χ2v) is 9.36. The van der Waals surface area contributed by atoms with Gasteiger partial charge in [-0.1, -0.05) is 36.4 Å². The van der Waals surface area contributed by atoms with Crippen molar-refractivity contribution in [1.82, 2.24) is 15.2 Å². The van der Waals surface area contributed by atoms with Gasteiger partial charge in [-0.3, -0.25) is 20.4 Å². The fourth-order valence-electron chi connectivity index (χ4n) is 2.20. The Bertz CT molecular complexity index is 916. The molecule has 2 N–H and O–H groups in total. The topological polar surface area (TPSA) is 95.6 Å². The average Bonchev–Trinajstić information content (AvgIpc) is 2.70. The zero-order valence-electron chi connectivity index (χ0n) is 15.7. The van der Waals surface area contributed by atoms with Crippen molar-refractivity contribution in [2.75, 3.05) is 19.8 Å². The van der Waals surface area contributed by atoms with Crippen LogP contribution >= 0.6 is 11.8 Å². The first kappa shape index (κ1) is 21.9. The summed E-state index contributed by atoms with van der Waals surface area (Å²) in [7, 11) is -0.809. The maximum Gasteiger partial charge on any atom is 0.269 e. The van der Waals surface area contributed by atoms with Crippen LogP contribution in [0.25, 0.3) is 0 Å². The molecule has 0 spiro atoms. The Balaban J connectivity index is 1.79. The van der Waals surface area contributed by atoms with Crippen LogP contribution < -0.4 is 10.9 Å². The molecule has 0 atom stereocenters. The number of sulfonamides is 1. The Morgan fingerprint density at radius 2 is 1.71 bits per heavy atom. The number of nitrogens with one attached hydrogen (secondary N) is 2. The first-order valence-electron chi connectivity index (χ1n) is 8.54. The lowest BCUT2D eigenvalue weighted by molar-refractivity contribution is -0.121. The van der Waals surface area contributed by atoms with E-state index in [1.165, 1.54) is 43.9 Å². The van der Waals surface area contributed by atoms with Crippen LogP contribution in [-0.4, -0.2) is 44.4 Å². The van der Waals surface area contributed by atoms with Gasteiger partial charge in [0.2, 0.25) is 15.9 Å². The molecule has 0 heterocycles. The van der Waals surface area contributed by atoms with Crippen LogP contribution in [0.5, 0.6) is 0 Å². The zero-order valence-corrected chi connectivity index (χ0v) is 17.3. The van der Waals surface area contributed by atoms with Crippen LogP contribution in [0.15, 0.2) is 59.5 Å². The van der Waals surface area contributed by atoms with Gasteiger partial charge in [0, 0.05) is 37.6 Å². The second-order valence-electron chi connectivity index (χ2n) is 6.11. The molecule has 0 fully saturated rings. The Morgan fingerprint density at radius 3 is 2.39 bits per heavy atom. The Labute approximate surface area is 169 Å². The third kappa shape index (κ3) is 6.36. The van der Waals surface area contributed by atoms with E-state index in [1.54, 1.807) is 11.8 Å². The van der Waals surface area contributed by atoms with Gasteiger partial charge in [-0.15, -0.1) is 0 Å². The maximum absolute atomic E-state index is 12.2. The van der Waals surface area contributed by atoms with E-state index in [2.05, 4.69) is 10.9 Å². The number of hydrazine groups is 1. The van der Waals surface area contributed by atoms with Crippen molar-refractivity contribution in [3.8, 4) is 0 Å². The standard InChI is InChI=1S/C19H23N3O4S2/c1-22(2)28(25,26)17-10-6-9-16(13-17)19(24)21-20-18(23)11-12-27-14-15-7-4-3-5-8-15/h3-10,13H,11-12,14H2,1-2H3,(H,20,23)(H,21,24). The summed E-state index contributed by atoms with van der Waals surface area (Å²) in [6.45, 7) is 0. The fraction of sp³-hybridized carbons (Fsp3) is 0.263. The predicted octanol–water partition coefficient (Wildman–Crippen LogP) is 2.02. The molecule has 2 aromatic carbocycles. The average molecular weight is 422 g/mol. The van der Waals surface area contributed by atoms with Gasteiger partial charge in [-0.25, -0.2) is 12.7 Å². The smallest absolute Gasteiger partial charge is 0.269 e. The van der Waals surface area contributed by atoms with E-state index >= 15 is 0 Å². The molecule has 0 unspecified atom stereocenters. The van der Waals surface area contributed by atoms with Gasteiger partial charge in [0.1, 0.15) is 0 Å². The highest BCUT2D eigenvalue weighted by atomic mass is 32.2. The van der Waals surface area contributed by atoms with Gasteiger partial charge < -0.3 is 0 Å². The molecule has 0 aliphatic heterocycles. The van der Waals surface area contributed by atoms with Gasteiger partial charge >= 0.3 is 0 Å². The SMILES string of the molecule is CN(C)S(=O)(=O)c1cccc(C(=O)NNC(=O)CCSCc2ccccc2)c1.